The summed E-state index contributed by atoms with van der Waals surface area (Å²) in [7, 11) is 0. The summed E-state index contributed by atoms with van der Waals surface area (Å²) < 4.78 is 0. The SMILES string of the molecule is CCC(C(=O)NC1C2C3CCC(C3)C12)C(N)=NO. The van der Waals surface area contributed by atoms with E-state index in [2.05, 4.69) is 10.5 Å². The van der Waals surface area contributed by atoms with Crippen molar-refractivity contribution in [1.29, 1.82) is 0 Å². The molecule has 3 aliphatic carbocycles. The van der Waals surface area contributed by atoms with E-state index in [0.29, 0.717) is 12.5 Å². The fourth-order valence-corrected chi connectivity index (χ4v) is 4.38. The van der Waals surface area contributed by atoms with Gasteiger partial charge in [-0.05, 0) is 49.4 Å². The van der Waals surface area contributed by atoms with Crippen LogP contribution in [0.25, 0.3) is 0 Å². The van der Waals surface area contributed by atoms with Crippen molar-refractivity contribution in [2.75, 3.05) is 0 Å². The van der Waals surface area contributed by atoms with Crippen LogP contribution in [-0.2, 0) is 4.79 Å². The Hall–Kier alpha value is -1.26. The summed E-state index contributed by atoms with van der Waals surface area (Å²) in [5, 5.41) is 14.7. The highest BCUT2D eigenvalue weighted by atomic mass is 16.4. The van der Waals surface area contributed by atoms with Gasteiger partial charge in [-0.3, -0.25) is 4.79 Å². The highest BCUT2D eigenvalue weighted by molar-refractivity contribution is 6.02. The van der Waals surface area contributed by atoms with Gasteiger partial charge in [0.1, 0.15) is 0 Å². The van der Waals surface area contributed by atoms with Gasteiger partial charge in [-0.2, -0.15) is 0 Å². The Morgan fingerprint density at radius 3 is 2.56 bits per heavy atom. The first kappa shape index (κ1) is 11.8. The van der Waals surface area contributed by atoms with Crippen molar-refractivity contribution in [1.82, 2.24) is 5.32 Å². The van der Waals surface area contributed by atoms with Crippen LogP contribution in [-0.4, -0.2) is 23.0 Å². The first-order valence-corrected chi connectivity index (χ1v) is 6.95. The molecule has 0 aromatic heterocycles. The van der Waals surface area contributed by atoms with E-state index >= 15 is 0 Å². The predicted octanol–water partition coefficient (Wildman–Crippen LogP) is 0.920. The molecule has 4 N–H and O–H groups in total. The van der Waals surface area contributed by atoms with Gasteiger partial charge < -0.3 is 16.3 Å². The van der Waals surface area contributed by atoms with Crippen molar-refractivity contribution in [3.8, 4) is 0 Å². The summed E-state index contributed by atoms with van der Waals surface area (Å²) >= 11 is 0. The molecule has 0 saturated heterocycles. The number of amides is 1. The maximum atomic E-state index is 12.1. The second-order valence-corrected chi connectivity index (χ2v) is 6.01. The molecule has 0 aromatic rings. The Morgan fingerprint density at radius 1 is 1.44 bits per heavy atom. The van der Waals surface area contributed by atoms with Crippen LogP contribution < -0.4 is 11.1 Å². The van der Waals surface area contributed by atoms with Crippen LogP contribution in [0.5, 0.6) is 0 Å². The van der Waals surface area contributed by atoms with Crippen LogP contribution in [0.4, 0.5) is 0 Å². The monoisotopic (exact) mass is 251 g/mol. The zero-order valence-electron chi connectivity index (χ0n) is 10.7. The first-order valence-electron chi connectivity index (χ1n) is 6.95. The van der Waals surface area contributed by atoms with Gasteiger partial charge >= 0.3 is 0 Å². The molecule has 5 atom stereocenters. The summed E-state index contributed by atoms with van der Waals surface area (Å²) in [6.07, 6.45) is 4.63. The van der Waals surface area contributed by atoms with Gasteiger partial charge in [0.25, 0.3) is 0 Å². The Labute approximate surface area is 107 Å². The molecule has 0 aromatic carbocycles. The third-order valence-electron chi connectivity index (χ3n) is 5.24. The summed E-state index contributed by atoms with van der Waals surface area (Å²) in [5.74, 6) is 2.57. The number of amidine groups is 1. The molecule has 3 fully saturated rings. The number of nitrogens with two attached hydrogens (primary N) is 1. The fraction of sp³-hybridized carbons (Fsp3) is 0.846. The minimum Gasteiger partial charge on any atom is -0.409 e. The molecule has 3 saturated carbocycles. The maximum Gasteiger partial charge on any atom is 0.231 e. The summed E-state index contributed by atoms with van der Waals surface area (Å²) in [6.45, 7) is 1.87. The second-order valence-electron chi connectivity index (χ2n) is 6.01. The smallest absolute Gasteiger partial charge is 0.231 e. The predicted molar refractivity (Wildman–Crippen MR) is 66.9 cm³/mol. The normalized spacial score (nSPS) is 42.5. The Morgan fingerprint density at radius 2 is 2.06 bits per heavy atom. The highest BCUT2D eigenvalue weighted by Gasteiger charge is 2.65. The molecule has 0 radical (unpaired) electrons. The van der Waals surface area contributed by atoms with Gasteiger partial charge in [-0.25, -0.2) is 0 Å². The lowest BCUT2D eigenvalue weighted by molar-refractivity contribution is -0.123. The third-order valence-corrected chi connectivity index (χ3v) is 5.24. The second kappa shape index (κ2) is 4.14. The van der Waals surface area contributed by atoms with Gasteiger partial charge in [0.05, 0.1) is 5.92 Å². The Kier molecular flexibility index (Phi) is 2.72. The van der Waals surface area contributed by atoms with Crippen molar-refractivity contribution in [3.05, 3.63) is 0 Å². The quantitative estimate of drug-likeness (QED) is 0.300. The zero-order valence-corrected chi connectivity index (χ0v) is 10.7. The lowest BCUT2D eigenvalue weighted by atomic mass is 10.0. The first-order chi connectivity index (χ1) is 8.67. The van der Waals surface area contributed by atoms with Gasteiger partial charge in [-0.15, -0.1) is 0 Å². The molecule has 5 unspecified atom stereocenters. The average molecular weight is 251 g/mol. The van der Waals surface area contributed by atoms with Crippen molar-refractivity contribution in [3.63, 3.8) is 0 Å². The van der Waals surface area contributed by atoms with Crippen LogP contribution in [0, 0.1) is 29.6 Å². The average Bonchev–Trinajstić information content (AvgIpc) is 2.76. The molecule has 18 heavy (non-hydrogen) atoms. The van der Waals surface area contributed by atoms with Crippen molar-refractivity contribution >= 4 is 11.7 Å². The lowest BCUT2D eigenvalue weighted by Crippen LogP contribution is -2.41. The van der Waals surface area contributed by atoms with E-state index in [4.69, 9.17) is 10.9 Å². The number of carbonyl (C=O) groups excluding carboxylic acids is 1. The van der Waals surface area contributed by atoms with Crippen molar-refractivity contribution in [2.24, 2.45) is 40.5 Å². The van der Waals surface area contributed by atoms with Gasteiger partial charge in [0.15, 0.2) is 5.84 Å². The van der Waals surface area contributed by atoms with E-state index in [-0.39, 0.29) is 11.7 Å². The fourth-order valence-electron chi connectivity index (χ4n) is 4.38. The number of oxime groups is 1. The number of nitrogens with one attached hydrogen (secondary N) is 1. The van der Waals surface area contributed by atoms with Gasteiger partial charge in [0, 0.05) is 6.04 Å². The van der Waals surface area contributed by atoms with Gasteiger partial charge in [-0.1, -0.05) is 12.1 Å². The van der Waals surface area contributed by atoms with Crippen molar-refractivity contribution < 1.29 is 10.0 Å². The Balaban J connectivity index is 1.60. The minimum atomic E-state index is -0.492. The molecule has 100 valence electrons. The standard InChI is InChI=1S/C13H21N3O2/c1-2-8(12(14)16-18)13(17)15-11-9-6-3-4-7(5-6)10(9)11/h6-11,18H,2-5H2,1H3,(H2,14,16)(H,15,17). The topological polar surface area (TPSA) is 87.7 Å². The van der Waals surface area contributed by atoms with Crippen LogP contribution >= 0.6 is 0 Å². The van der Waals surface area contributed by atoms with Crippen molar-refractivity contribution in [2.45, 2.75) is 38.6 Å². The molecule has 2 bridgehead atoms. The maximum absolute atomic E-state index is 12.1. The lowest BCUT2D eigenvalue weighted by Gasteiger charge is -2.15. The number of hydrogen-bond acceptors (Lipinski definition) is 3. The number of carbonyl (C=O) groups is 1. The van der Waals surface area contributed by atoms with Crippen LogP contribution in [0.1, 0.15) is 32.6 Å². The minimum absolute atomic E-state index is 0.0174. The summed E-state index contributed by atoms with van der Waals surface area (Å²) in [4.78, 5) is 12.1. The summed E-state index contributed by atoms with van der Waals surface area (Å²) in [5.41, 5.74) is 5.55. The molecule has 0 heterocycles. The van der Waals surface area contributed by atoms with Crippen LogP contribution in [0.3, 0.4) is 0 Å². The highest BCUT2D eigenvalue weighted by Crippen LogP contribution is 2.65. The van der Waals surface area contributed by atoms with Crippen LogP contribution in [0.2, 0.25) is 0 Å². The zero-order chi connectivity index (χ0) is 12.9. The largest absolute Gasteiger partial charge is 0.409 e. The summed E-state index contributed by atoms with van der Waals surface area (Å²) in [6, 6.07) is 0.365. The number of hydrogen-bond donors (Lipinski definition) is 3. The van der Waals surface area contributed by atoms with E-state index in [9.17, 15) is 4.79 Å². The molecular formula is C13H21N3O2. The molecule has 0 spiro atoms. The van der Waals surface area contributed by atoms with E-state index < -0.39 is 5.92 Å². The van der Waals surface area contributed by atoms with E-state index in [1.165, 1.54) is 19.3 Å². The third kappa shape index (κ3) is 1.60. The molecule has 3 aliphatic rings. The molecule has 5 heteroatoms. The van der Waals surface area contributed by atoms with E-state index in [0.717, 1.165) is 23.7 Å². The number of rotatable bonds is 4. The van der Waals surface area contributed by atoms with Gasteiger partial charge in [0.2, 0.25) is 5.91 Å². The number of fused-ring (bicyclic) bond motifs is 5. The molecule has 5 nitrogen and oxygen atoms in total. The number of nitrogens with zero attached hydrogens (tertiary/aromatic N) is 1. The molecule has 1 amide bonds. The Bertz CT molecular complexity index is 380. The molecular weight excluding hydrogens is 230 g/mol. The van der Waals surface area contributed by atoms with E-state index in [1.54, 1.807) is 0 Å². The molecule has 3 rings (SSSR count). The van der Waals surface area contributed by atoms with E-state index in [1.807, 2.05) is 6.92 Å². The van der Waals surface area contributed by atoms with Crippen LogP contribution in [0.15, 0.2) is 5.16 Å². The molecule has 0 aliphatic heterocycles.